The van der Waals surface area contributed by atoms with Gasteiger partial charge in [-0.3, -0.25) is 0 Å². The molecule has 0 aliphatic heterocycles. The number of hydrogen-bond donors (Lipinski definition) is 0. The second kappa shape index (κ2) is 12.2. The highest BCUT2D eigenvalue weighted by Gasteiger charge is 2.23. The van der Waals surface area contributed by atoms with E-state index in [-0.39, 0.29) is 30.8 Å². The van der Waals surface area contributed by atoms with E-state index in [2.05, 4.69) is 35.8 Å². The highest BCUT2D eigenvalue weighted by atomic mass is 32.2. The maximum Gasteiger partial charge on any atom is 0.244 e. The summed E-state index contributed by atoms with van der Waals surface area (Å²) in [6, 6.07) is 25.5. The van der Waals surface area contributed by atoms with Crippen molar-refractivity contribution in [3.05, 3.63) is 101 Å². The summed E-state index contributed by atoms with van der Waals surface area (Å²) in [6.45, 7) is 1.76. The van der Waals surface area contributed by atoms with Crippen molar-refractivity contribution in [1.82, 2.24) is 4.31 Å². The molecule has 3 aromatic carbocycles. The number of sulfonamides is 1. The van der Waals surface area contributed by atoms with Gasteiger partial charge in [-0.2, -0.15) is 14.8 Å². The van der Waals surface area contributed by atoms with Crippen LogP contribution < -0.4 is 0 Å². The molecule has 0 fully saturated rings. The zero-order chi connectivity index (χ0) is 25.1. The smallest absolute Gasteiger partial charge is 0.207 e. The van der Waals surface area contributed by atoms with Crippen LogP contribution in [0.2, 0.25) is 0 Å². The molecule has 6 heteroatoms. The second-order valence-corrected chi connectivity index (χ2v) is 9.61. The molecule has 0 saturated heterocycles. The Balaban J connectivity index is 1.92. The summed E-state index contributed by atoms with van der Waals surface area (Å²) in [5, 5.41) is 18.1. The lowest BCUT2D eigenvalue weighted by atomic mass is 10.1. The molecular weight excluding hydrogens is 454 g/mol. The first-order valence-electron chi connectivity index (χ1n) is 10.9. The number of rotatable bonds is 6. The van der Waals surface area contributed by atoms with Crippen LogP contribution in [0.3, 0.4) is 0 Å². The number of benzene rings is 3. The van der Waals surface area contributed by atoms with Crippen LogP contribution in [0.25, 0.3) is 0 Å². The third kappa shape index (κ3) is 6.83. The molecule has 0 bridgehead atoms. The molecule has 0 unspecified atom stereocenters. The van der Waals surface area contributed by atoms with Gasteiger partial charge in [0.05, 0.1) is 43.0 Å². The largest absolute Gasteiger partial charge is 0.244 e. The van der Waals surface area contributed by atoms with Crippen LogP contribution >= 0.6 is 0 Å². The normalized spacial score (nSPS) is 10.3. The van der Waals surface area contributed by atoms with Gasteiger partial charge in [0.2, 0.25) is 10.0 Å². The van der Waals surface area contributed by atoms with Gasteiger partial charge in [-0.25, -0.2) is 8.42 Å². The van der Waals surface area contributed by atoms with Crippen molar-refractivity contribution in [3.8, 4) is 35.8 Å². The molecule has 3 rings (SSSR count). The maximum absolute atomic E-state index is 13.4. The van der Waals surface area contributed by atoms with Gasteiger partial charge in [-0.05, 0) is 42.3 Å². The van der Waals surface area contributed by atoms with Gasteiger partial charge in [0.25, 0.3) is 0 Å². The number of nitriles is 2. The quantitative estimate of drug-likeness (QED) is 0.498. The van der Waals surface area contributed by atoms with Crippen molar-refractivity contribution < 1.29 is 8.42 Å². The van der Waals surface area contributed by atoms with Crippen LogP contribution in [-0.4, -0.2) is 25.8 Å². The predicted octanol–water partition coefficient (Wildman–Crippen LogP) is 4.22. The lowest BCUT2D eigenvalue weighted by molar-refractivity contribution is 0.482. The minimum absolute atomic E-state index is 0.0639. The average Bonchev–Trinajstić information content (AvgIpc) is 2.85. The van der Waals surface area contributed by atoms with Crippen LogP contribution in [0.5, 0.6) is 0 Å². The standard InChI is InChI=1S/C29H23N3O2S/c1-24-14-16-29(17-15-24)35(33,34)32(22-6-12-25-8-2-4-10-27(25)18-20-30)23-7-13-26-9-3-5-11-28(26)19-21-31/h2-5,8-11,14-17H,18-19,22-23H2,1H3. The summed E-state index contributed by atoms with van der Waals surface area (Å²) in [5.74, 6) is 11.9. The molecule has 0 amide bonds. The first-order valence-corrected chi connectivity index (χ1v) is 12.3. The Morgan fingerprint density at radius 3 is 1.63 bits per heavy atom. The molecule has 0 aromatic heterocycles. The van der Waals surface area contributed by atoms with E-state index in [1.807, 2.05) is 55.5 Å². The van der Waals surface area contributed by atoms with Crippen molar-refractivity contribution in [2.75, 3.05) is 13.1 Å². The van der Waals surface area contributed by atoms with Crippen LogP contribution in [0, 0.1) is 53.3 Å². The lowest BCUT2D eigenvalue weighted by Crippen LogP contribution is -2.32. The fourth-order valence-corrected chi connectivity index (χ4v) is 4.54. The number of nitrogens with zero attached hydrogens (tertiary/aromatic N) is 3. The average molecular weight is 478 g/mol. The zero-order valence-electron chi connectivity index (χ0n) is 19.3. The van der Waals surface area contributed by atoms with Crippen LogP contribution in [0.4, 0.5) is 0 Å². The predicted molar refractivity (Wildman–Crippen MR) is 135 cm³/mol. The summed E-state index contributed by atoms with van der Waals surface area (Å²) >= 11 is 0. The molecule has 0 aliphatic rings. The first kappa shape index (κ1) is 25.3. The third-order valence-corrected chi connectivity index (χ3v) is 7.00. The number of hydrogen-bond acceptors (Lipinski definition) is 4. The van der Waals surface area contributed by atoms with E-state index in [0.717, 1.165) is 16.7 Å². The van der Waals surface area contributed by atoms with E-state index in [0.29, 0.717) is 11.1 Å². The van der Waals surface area contributed by atoms with Crippen molar-refractivity contribution in [3.63, 3.8) is 0 Å². The van der Waals surface area contributed by atoms with E-state index in [9.17, 15) is 8.42 Å². The molecule has 0 N–H and O–H groups in total. The van der Waals surface area contributed by atoms with E-state index >= 15 is 0 Å². The minimum atomic E-state index is -3.84. The van der Waals surface area contributed by atoms with Gasteiger partial charge in [-0.15, -0.1) is 0 Å². The fourth-order valence-electron chi connectivity index (χ4n) is 3.29. The summed E-state index contributed by atoms with van der Waals surface area (Å²) in [6.07, 6.45) is 0.452. The van der Waals surface area contributed by atoms with Crippen molar-refractivity contribution in [2.24, 2.45) is 0 Å². The van der Waals surface area contributed by atoms with Crippen LogP contribution in [0.1, 0.15) is 27.8 Å². The molecular formula is C29H23N3O2S. The highest BCUT2D eigenvalue weighted by molar-refractivity contribution is 7.89. The van der Waals surface area contributed by atoms with Gasteiger partial charge >= 0.3 is 0 Å². The van der Waals surface area contributed by atoms with Gasteiger partial charge in [0.15, 0.2) is 0 Å². The van der Waals surface area contributed by atoms with Gasteiger partial charge in [0.1, 0.15) is 0 Å². The minimum Gasteiger partial charge on any atom is -0.207 e. The van der Waals surface area contributed by atoms with E-state index in [4.69, 9.17) is 10.5 Å². The first-order chi connectivity index (χ1) is 17.0. The molecule has 172 valence electrons. The lowest BCUT2D eigenvalue weighted by Gasteiger charge is -2.17. The Bertz CT molecular complexity index is 1430. The van der Waals surface area contributed by atoms with E-state index < -0.39 is 10.0 Å². The summed E-state index contributed by atoms with van der Waals surface area (Å²) in [4.78, 5) is 0.168. The molecule has 35 heavy (non-hydrogen) atoms. The Kier molecular flexibility index (Phi) is 8.83. The molecule has 0 atom stereocenters. The Hall–Kier alpha value is -4.33. The van der Waals surface area contributed by atoms with Gasteiger partial charge in [0, 0.05) is 11.1 Å². The molecule has 0 spiro atoms. The van der Waals surface area contributed by atoms with Crippen molar-refractivity contribution >= 4 is 10.0 Å². The molecule has 0 aliphatic carbocycles. The highest BCUT2D eigenvalue weighted by Crippen LogP contribution is 2.16. The van der Waals surface area contributed by atoms with Crippen LogP contribution in [0.15, 0.2) is 77.7 Å². The molecule has 3 aromatic rings. The topological polar surface area (TPSA) is 85.0 Å². The maximum atomic E-state index is 13.4. The molecule has 0 heterocycles. The summed E-state index contributed by atoms with van der Waals surface area (Å²) in [5.41, 5.74) is 3.93. The zero-order valence-corrected chi connectivity index (χ0v) is 20.1. The Morgan fingerprint density at radius 2 is 1.17 bits per heavy atom. The van der Waals surface area contributed by atoms with E-state index in [1.165, 1.54) is 4.31 Å². The second-order valence-electron chi connectivity index (χ2n) is 7.67. The molecule has 0 saturated carbocycles. The van der Waals surface area contributed by atoms with Gasteiger partial charge < -0.3 is 0 Å². The molecule has 0 radical (unpaired) electrons. The third-order valence-electron chi connectivity index (χ3n) is 5.19. The van der Waals surface area contributed by atoms with Crippen molar-refractivity contribution in [2.45, 2.75) is 24.7 Å². The fraction of sp³-hybridized carbons (Fsp3) is 0.172. The Morgan fingerprint density at radius 1 is 0.714 bits per heavy atom. The van der Waals surface area contributed by atoms with E-state index in [1.54, 1.807) is 24.3 Å². The van der Waals surface area contributed by atoms with Crippen molar-refractivity contribution in [1.29, 1.82) is 10.5 Å². The SMILES string of the molecule is Cc1ccc(S(=O)(=O)N(CC#Cc2ccccc2CC#N)CC#Cc2ccccc2CC#N)cc1. The Labute approximate surface area is 207 Å². The summed E-state index contributed by atoms with van der Waals surface area (Å²) < 4.78 is 28.0. The van der Waals surface area contributed by atoms with Gasteiger partial charge in [-0.1, -0.05) is 77.8 Å². The molecule has 5 nitrogen and oxygen atoms in total. The monoisotopic (exact) mass is 477 g/mol. The van der Waals surface area contributed by atoms with Crippen LogP contribution in [-0.2, 0) is 22.9 Å². The summed E-state index contributed by atoms with van der Waals surface area (Å²) in [7, 11) is -3.84. The number of aryl methyl sites for hydroxylation is 1.